The van der Waals surface area contributed by atoms with Crippen molar-refractivity contribution < 1.29 is 4.42 Å². The molecule has 9 aromatic rings. The highest BCUT2D eigenvalue weighted by Crippen LogP contribution is 2.41. The Bertz CT molecular complexity index is 2450. The molecular formula is C40H25NO. The summed E-state index contributed by atoms with van der Waals surface area (Å²) in [6.45, 7) is 0. The maximum Gasteiger partial charge on any atom is 0.137 e. The minimum absolute atomic E-state index is 0.909. The summed E-state index contributed by atoms with van der Waals surface area (Å²) >= 11 is 0. The van der Waals surface area contributed by atoms with E-state index in [4.69, 9.17) is 4.42 Å². The predicted octanol–water partition coefficient (Wildman–Crippen LogP) is 11.2. The largest absolute Gasteiger partial charge is 0.456 e. The van der Waals surface area contributed by atoms with Gasteiger partial charge in [0, 0.05) is 33.3 Å². The Labute approximate surface area is 242 Å². The van der Waals surface area contributed by atoms with Crippen molar-refractivity contribution in [2.75, 3.05) is 0 Å². The summed E-state index contributed by atoms with van der Waals surface area (Å²) in [6, 6.07) is 54.3. The lowest BCUT2D eigenvalue weighted by molar-refractivity contribution is 0.669. The van der Waals surface area contributed by atoms with Gasteiger partial charge in [0.2, 0.25) is 0 Å². The second-order valence-electron chi connectivity index (χ2n) is 10.9. The molecule has 0 saturated heterocycles. The van der Waals surface area contributed by atoms with E-state index in [-0.39, 0.29) is 0 Å². The number of hydrogen-bond donors (Lipinski definition) is 0. The molecule has 42 heavy (non-hydrogen) atoms. The fraction of sp³-hybridized carbons (Fsp3) is 0. The molecule has 0 fully saturated rings. The van der Waals surface area contributed by atoms with Crippen LogP contribution in [0.15, 0.2) is 156 Å². The van der Waals surface area contributed by atoms with Crippen LogP contribution in [0.1, 0.15) is 0 Å². The fourth-order valence-electron chi connectivity index (χ4n) is 6.68. The van der Waals surface area contributed by atoms with Gasteiger partial charge in [-0.15, -0.1) is 0 Å². The maximum absolute atomic E-state index is 6.32. The fourth-order valence-corrected chi connectivity index (χ4v) is 6.68. The molecule has 0 N–H and O–H groups in total. The normalized spacial score (nSPS) is 11.8. The van der Waals surface area contributed by atoms with Crippen molar-refractivity contribution in [3.05, 3.63) is 152 Å². The molecule has 0 spiro atoms. The SMILES string of the molecule is c1ccc(-c2ccc(-c3ccc4c(c3)c3cc5c(cc3n4-c3ccccc3)oc3ccccc35)c3ccccc23)cc1. The van der Waals surface area contributed by atoms with Gasteiger partial charge in [0.25, 0.3) is 0 Å². The molecule has 7 aromatic carbocycles. The first-order valence-corrected chi connectivity index (χ1v) is 14.4. The minimum atomic E-state index is 0.909. The number of aromatic nitrogens is 1. The Kier molecular flexibility index (Phi) is 4.93. The molecular weight excluding hydrogens is 510 g/mol. The molecule has 0 bridgehead atoms. The van der Waals surface area contributed by atoms with E-state index in [1.807, 2.05) is 12.1 Å². The van der Waals surface area contributed by atoms with Crippen LogP contribution < -0.4 is 0 Å². The van der Waals surface area contributed by atoms with Crippen molar-refractivity contribution in [2.24, 2.45) is 0 Å². The molecule has 196 valence electrons. The minimum Gasteiger partial charge on any atom is -0.456 e. The van der Waals surface area contributed by atoms with E-state index in [0.717, 1.165) is 33.1 Å². The number of fused-ring (bicyclic) bond motifs is 7. The molecule has 2 aromatic heterocycles. The first-order valence-electron chi connectivity index (χ1n) is 14.4. The molecule has 2 heteroatoms. The van der Waals surface area contributed by atoms with Crippen molar-refractivity contribution in [1.29, 1.82) is 0 Å². The molecule has 0 atom stereocenters. The Morgan fingerprint density at radius 2 is 0.976 bits per heavy atom. The average molecular weight is 536 g/mol. The Morgan fingerprint density at radius 3 is 1.74 bits per heavy atom. The molecule has 0 aliphatic heterocycles. The van der Waals surface area contributed by atoms with Crippen molar-refractivity contribution in [2.45, 2.75) is 0 Å². The summed E-state index contributed by atoms with van der Waals surface area (Å²) in [6.07, 6.45) is 0. The molecule has 2 nitrogen and oxygen atoms in total. The molecule has 9 rings (SSSR count). The summed E-state index contributed by atoms with van der Waals surface area (Å²) < 4.78 is 8.68. The Morgan fingerprint density at radius 1 is 0.357 bits per heavy atom. The first kappa shape index (κ1) is 23.1. The number of nitrogens with zero attached hydrogens (tertiary/aromatic N) is 1. The number of furan rings is 1. The topological polar surface area (TPSA) is 18.1 Å². The number of hydrogen-bond acceptors (Lipinski definition) is 1. The van der Waals surface area contributed by atoms with Gasteiger partial charge >= 0.3 is 0 Å². The van der Waals surface area contributed by atoms with Crippen LogP contribution in [0.2, 0.25) is 0 Å². The van der Waals surface area contributed by atoms with Crippen molar-refractivity contribution in [3.8, 4) is 27.9 Å². The monoisotopic (exact) mass is 535 g/mol. The van der Waals surface area contributed by atoms with E-state index in [2.05, 4.69) is 144 Å². The average Bonchev–Trinajstić information content (AvgIpc) is 3.58. The van der Waals surface area contributed by atoms with E-state index < -0.39 is 0 Å². The standard InChI is InChI=1S/C40H25NO/c1-3-11-26(12-4-1)29-20-21-30(32-16-8-7-15-31(29)32)27-19-22-37-34(23-27)35-24-36-33-17-9-10-18-39(33)42-40(36)25-38(35)41(37)28-13-5-2-6-14-28/h1-25H. The maximum atomic E-state index is 6.32. The van der Waals surface area contributed by atoms with Gasteiger partial charge in [-0.3, -0.25) is 0 Å². The second kappa shape index (κ2) is 8.95. The van der Waals surface area contributed by atoms with E-state index in [0.29, 0.717) is 0 Å². The summed E-state index contributed by atoms with van der Waals surface area (Å²) in [4.78, 5) is 0. The summed E-state index contributed by atoms with van der Waals surface area (Å²) in [5, 5.41) is 7.27. The molecule has 0 amide bonds. The van der Waals surface area contributed by atoms with Crippen molar-refractivity contribution >= 4 is 54.5 Å². The number of rotatable bonds is 3. The Hall–Kier alpha value is -5.60. The molecule has 0 aliphatic rings. The highest BCUT2D eigenvalue weighted by molar-refractivity contribution is 6.18. The van der Waals surface area contributed by atoms with Gasteiger partial charge in [-0.1, -0.05) is 109 Å². The predicted molar refractivity (Wildman–Crippen MR) is 176 cm³/mol. The van der Waals surface area contributed by atoms with Gasteiger partial charge in [0.05, 0.1) is 11.0 Å². The molecule has 0 aliphatic carbocycles. The zero-order valence-electron chi connectivity index (χ0n) is 22.8. The quantitative estimate of drug-likeness (QED) is 0.220. The van der Waals surface area contributed by atoms with Crippen LogP contribution >= 0.6 is 0 Å². The van der Waals surface area contributed by atoms with Crippen LogP contribution in [-0.4, -0.2) is 4.57 Å². The lowest BCUT2D eigenvalue weighted by atomic mass is 9.91. The van der Waals surface area contributed by atoms with E-state index in [1.54, 1.807) is 0 Å². The third-order valence-electron chi connectivity index (χ3n) is 8.60. The van der Waals surface area contributed by atoms with E-state index >= 15 is 0 Å². The smallest absolute Gasteiger partial charge is 0.137 e. The van der Waals surface area contributed by atoms with Crippen LogP contribution in [0.4, 0.5) is 0 Å². The summed E-state index contributed by atoms with van der Waals surface area (Å²) in [5.41, 5.74) is 10.2. The first-order chi connectivity index (χ1) is 20.8. The van der Waals surface area contributed by atoms with E-state index in [9.17, 15) is 0 Å². The Balaban J connectivity index is 1.34. The van der Waals surface area contributed by atoms with Gasteiger partial charge in [0.1, 0.15) is 11.2 Å². The lowest BCUT2D eigenvalue weighted by Crippen LogP contribution is -1.93. The molecule has 0 saturated carbocycles. The zero-order chi connectivity index (χ0) is 27.6. The molecule has 2 heterocycles. The van der Waals surface area contributed by atoms with Crippen LogP contribution in [0.5, 0.6) is 0 Å². The van der Waals surface area contributed by atoms with Crippen LogP contribution in [0.25, 0.3) is 82.5 Å². The third kappa shape index (κ3) is 3.39. The van der Waals surface area contributed by atoms with Crippen LogP contribution in [0.3, 0.4) is 0 Å². The lowest BCUT2D eigenvalue weighted by Gasteiger charge is -2.13. The third-order valence-corrected chi connectivity index (χ3v) is 8.60. The highest BCUT2D eigenvalue weighted by Gasteiger charge is 2.18. The van der Waals surface area contributed by atoms with Gasteiger partial charge < -0.3 is 8.98 Å². The van der Waals surface area contributed by atoms with Crippen LogP contribution in [-0.2, 0) is 0 Å². The molecule has 0 unspecified atom stereocenters. The van der Waals surface area contributed by atoms with Crippen molar-refractivity contribution in [3.63, 3.8) is 0 Å². The number of para-hydroxylation sites is 2. The van der Waals surface area contributed by atoms with Crippen molar-refractivity contribution in [1.82, 2.24) is 4.57 Å². The number of benzene rings is 7. The zero-order valence-corrected chi connectivity index (χ0v) is 22.8. The van der Waals surface area contributed by atoms with Gasteiger partial charge in [0.15, 0.2) is 0 Å². The second-order valence-corrected chi connectivity index (χ2v) is 10.9. The van der Waals surface area contributed by atoms with Gasteiger partial charge in [-0.05, 0) is 69.4 Å². The highest BCUT2D eigenvalue weighted by atomic mass is 16.3. The van der Waals surface area contributed by atoms with E-state index in [1.165, 1.54) is 49.3 Å². The summed E-state index contributed by atoms with van der Waals surface area (Å²) in [7, 11) is 0. The van der Waals surface area contributed by atoms with Gasteiger partial charge in [-0.25, -0.2) is 0 Å². The van der Waals surface area contributed by atoms with Crippen LogP contribution in [0, 0.1) is 0 Å². The summed E-state index contributed by atoms with van der Waals surface area (Å²) in [5.74, 6) is 0. The molecule has 0 radical (unpaired) electrons. The van der Waals surface area contributed by atoms with Gasteiger partial charge in [-0.2, -0.15) is 0 Å².